The van der Waals surface area contributed by atoms with E-state index in [0.29, 0.717) is 25.8 Å². The van der Waals surface area contributed by atoms with Crippen LogP contribution in [-0.4, -0.2) is 165 Å². The Labute approximate surface area is 368 Å². The maximum atomic E-state index is 13.3. The molecule has 60 heavy (non-hydrogen) atoms. The smallest absolute Gasteiger partial charge is 0.312 e. The summed E-state index contributed by atoms with van der Waals surface area (Å²) in [5, 5.41) is 60.0. The number of fused-ring (bicyclic) bond motifs is 3. The van der Waals surface area contributed by atoms with Gasteiger partial charge in [0.25, 0.3) is 0 Å². The predicted molar refractivity (Wildman–Crippen MR) is 223 cm³/mol. The number of nitrogens with two attached hydrogens (primary N) is 2. The topological polar surface area (TPSA) is 332 Å². The van der Waals surface area contributed by atoms with Gasteiger partial charge in [0.15, 0.2) is 58.3 Å². The van der Waals surface area contributed by atoms with Crippen molar-refractivity contribution in [2.75, 3.05) is 32.3 Å². The fourth-order valence-electron chi connectivity index (χ4n) is 6.78. The maximum Gasteiger partial charge on any atom is 0.312 e. The summed E-state index contributed by atoms with van der Waals surface area (Å²) in [6.07, 6.45) is -4.65. The minimum atomic E-state index is -1.17. The largest absolute Gasteiger partial charge is 0.387 e. The molecule has 6 aromatic rings. The number of hydrogen-bond acceptors (Lipinski definition) is 21. The molecular weight excluding hydrogens is 1050 g/mol. The highest BCUT2D eigenvalue weighted by Crippen LogP contribution is 2.35. The lowest BCUT2D eigenvalue weighted by Crippen LogP contribution is -2.32. The molecule has 9 heterocycles. The first-order valence-electron chi connectivity index (χ1n) is 17.8. The number of imidazole rings is 3. The van der Waals surface area contributed by atoms with Crippen LogP contribution in [0.2, 0.25) is 0 Å². The number of hydrogen-bond donors (Lipinski definition) is 8. The van der Waals surface area contributed by atoms with E-state index in [0.717, 1.165) is 5.69 Å². The van der Waals surface area contributed by atoms with Gasteiger partial charge < -0.3 is 56.3 Å². The Balaban J connectivity index is 0.000000136. The Morgan fingerprint density at radius 3 is 1.42 bits per heavy atom. The summed E-state index contributed by atoms with van der Waals surface area (Å²) in [4.78, 5) is 34.5. The Bertz CT molecular complexity index is 2460. The molecule has 9 rings (SSSR count). The van der Waals surface area contributed by atoms with Crippen molar-refractivity contribution in [3.63, 3.8) is 0 Å². The van der Waals surface area contributed by atoms with Crippen LogP contribution in [0, 0.1) is 19.1 Å². The molecule has 10 N–H and O–H groups in total. The molecular formula is C32H38F2I2N14O9S. The number of aromatic nitrogens is 12. The number of aliphatic hydroxyl groups excluding tert-OH is 6. The van der Waals surface area contributed by atoms with Crippen molar-refractivity contribution in [1.29, 1.82) is 0 Å². The van der Waals surface area contributed by atoms with Crippen LogP contribution in [0.1, 0.15) is 24.4 Å². The standard InChI is InChI=1S/C11H14FN5O3S.C11H13IN4O3.C10H11FIN5O3/c1-21-2-4-6(18)7(19)10(20-4)17-3-14-5-8(13)15-11(12)16-9(5)17;1-5-7-10(14-3-13-5)16(4-15-7)11-9(18)8(17)6(2-12)19-11;11-10-15-7(13)4-8(16-10)17(2-14-4)9-6(19)5(18)3(1-12)20-9/h3-4,6-7,10,18-19H,2H2,1H3,(H2,13,15,16);3-4,6,8-9,11,17-18H,2H2,1H3;2-3,5-6,9,18-19H,1H2,(H2,13,15,16)/t4-,6-,7-,10-;6-,8-,9-,11-;3-,5-,6-,9-/m111/s1. The van der Waals surface area contributed by atoms with E-state index in [2.05, 4.69) is 67.4 Å². The first-order chi connectivity index (χ1) is 28.7. The van der Waals surface area contributed by atoms with Crippen molar-refractivity contribution >= 4 is 102 Å². The summed E-state index contributed by atoms with van der Waals surface area (Å²) in [6, 6.07) is 0. The van der Waals surface area contributed by atoms with Gasteiger partial charge in [-0.2, -0.15) is 40.5 Å². The zero-order chi connectivity index (χ0) is 43.2. The lowest BCUT2D eigenvalue weighted by Gasteiger charge is -2.16. The Kier molecular flexibility index (Phi) is 13.8. The average molecular weight is 1090 g/mol. The molecule has 0 saturated carbocycles. The second-order valence-electron chi connectivity index (χ2n) is 13.6. The van der Waals surface area contributed by atoms with Gasteiger partial charge in [-0.05, 0) is 13.2 Å². The number of anilines is 2. The molecule has 28 heteroatoms. The van der Waals surface area contributed by atoms with Crippen molar-refractivity contribution in [3.8, 4) is 0 Å². The number of aryl methyl sites for hydroxylation is 1. The molecule has 0 aromatic carbocycles. The van der Waals surface area contributed by atoms with Crippen LogP contribution < -0.4 is 11.5 Å². The van der Waals surface area contributed by atoms with E-state index < -0.39 is 79.7 Å². The second kappa shape index (κ2) is 18.5. The first-order valence-corrected chi connectivity index (χ1v) is 22.2. The van der Waals surface area contributed by atoms with Crippen LogP contribution in [0.3, 0.4) is 0 Å². The quantitative estimate of drug-likeness (QED) is 0.0558. The van der Waals surface area contributed by atoms with E-state index in [4.69, 9.17) is 25.7 Å². The molecule has 324 valence electrons. The molecule has 6 aromatic heterocycles. The van der Waals surface area contributed by atoms with Gasteiger partial charge in [-0.1, -0.05) is 45.2 Å². The van der Waals surface area contributed by atoms with Crippen LogP contribution in [0.5, 0.6) is 0 Å². The van der Waals surface area contributed by atoms with Gasteiger partial charge in [-0.15, -0.1) is 0 Å². The fraction of sp³-hybridized carbons (Fsp3) is 0.531. The molecule has 3 fully saturated rings. The maximum absolute atomic E-state index is 13.3. The normalized spacial score (nSPS) is 30.2. The van der Waals surface area contributed by atoms with Gasteiger partial charge in [0.1, 0.15) is 48.5 Å². The third-order valence-corrected chi connectivity index (χ3v) is 12.3. The number of ether oxygens (including phenoxy) is 3. The van der Waals surface area contributed by atoms with Crippen LogP contribution in [0.25, 0.3) is 33.5 Å². The van der Waals surface area contributed by atoms with Gasteiger partial charge in [0.05, 0.1) is 43.0 Å². The molecule has 3 aliphatic heterocycles. The van der Waals surface area contributed by atoms with E-state index in [-0.39, 0.29) is 40.1 Å². The second-order valence-corrected chi connectivity index (χ2v) is 16.3. The molecule has 3 aliphatic rings. The van der Waals surface area contributed by atoms with Crippen LogP contribution >= 0.6 is 56.9 Å². The zero-order valence-electron chi connectivity index (χ0n) is 31.2. The van der Waals surface area contributed by atoms with Crippen LogP contribution in [0.15, 0.2) is 25.3 Å². The first kappa shape index (κ1) is 44.6. The van der Waals surface area contributed by atoms with Crippen molar-refractivity contribution in [1.82, 2.24) is 58.6 Å². The average Bonchev–Trinajstić information content (AvgIpc) is 4.08. The molecule has 0 bridgehead atoms. The van der Waals surface area contributed by atoms with Gasteiger partial charge in [0, 0.05) is 14.6 Å². The SMILES string of the molecule is CSC[C@H]1O[C@@H](n2cnc3c(N)nc(F)nc32)[C@H](O)[C@@H]1O.Cc1ncnc2c1ncn2[C@@H]1O[C@H](CI)[C@@H](O)[C@H]1O.Nc1nc(F)nc2c1ncn2[C@@H]1O[C@H](CI)[C@@H](O)[C@H]1O. The molecule has 23 nitrogen and oxygen atoms in total. The molecule has 0 unspecified atom stereocenters. The fourth-order valence-corrected chi connectivity index (χ4v) is 8.84. The lowest BCUT2D eigenvalue weighted by molar-refractivity contribution is -0.0289. The van der Waals surface area contributed by atoms with Crippen LogP contribution in [0.4, 0.5) is 20.4 Å². The molecule has 3 saturated heterocycles. The highest BCUT2D eigenvalue weighted by atomic mass is 127. The van der Waals surface area contributed by atoms with E-state index in [1.165, 1.54) is 39.9 Å². The zero-order valence-corrected chi connectivity index (χ0v) is 36.3. The molecule has 0 aliphatic carbocycles. The third kappa shape index (κ3) is 8.39. The van der Waals surface area contributed by atoms with Gasteiger partial charge in [-0.3, -0.25) is 13.7 Å². The van der Waals surface area contributed by atoms with Gasteiger partial charge in [-0.25, -0.2) is 24.9 Å². The highest BCUT2D eigenvalue weighted by molar-refractivity contribution is 14.1. The highest BCUT2D eigenvalue weighted by Gasteiger charge is 2.46. The number of nitrogens with zero attached hydrogens (tertiary/aromatic N) is 12. The van der Waals surface area contributed by atoms with Gasteiger partial charge >= 0.3 is 12.2 Å². The number of halogens is 4. The summed E-state index contributed by atoms with van der Waals surface area (Å²) in [5.74, 6) is 0.335. The Morgan fingerprint density at radius 1 is 0.600 bits per heavy atom. The Morgan fingerprint density at radius 2 is 1.00 bits per heavy atom. The third-order valence-electron chi connectivity index (χ3n) is 9.85. The molecule has 12 atom stereocenters. The van der Waals surface area contributed by atoms with Crippen molar-refractivity contribution in [3.05, 3.63) is 43.2 Å². The number of aliphatic hydroxyl groups is 6. The number of rotatable bonds is 7. The minimum Gasteiger partial charge on any atom is -0.387 e. The summed E-state index contributed by atoms with van der Waals surface area (Å²) in [6.45, 7) is 1.84. The lowest BCUT2D eigenvalue weighted by atomic mass is 10.1. The number of nitrogen functional groups attached to an aromatic ring is 2. The van der Waals surface area contributed by atoms with Crippen molar-refractivity contribution in [2.24, 2.45) is 0 Å². The molecule has 0 amide bonds. The summed E-state index contributed by atoms with van der Waals surface area (Å²) < 4.78 is 48.9. The minimum absolute atomic E-state index is 0.0926. The molecule has 0 radical (unpaired) electrons. The van der Waals surface area contributed by atoms with Gasteiger partial charge in [0.2, 0.25) is 0 Å². The van der Waals surface area contributed by atoms with E-state index >= 15 is 0 Å². The predicted octanol–water partition coefficient (Wildman–Crippen LogP) is -0.679. The summed E-state index contributed by atoms with van der Waals surface area (Å²) in [5.41, 5.74) is 13.8. The monoisotopic (exact) mass is 1090 g/mol. The van der Waals surface area contributed by atoms with E-state index in [1.54, 1.807) is 10.9 Å². The Hall–Kier alpha value is -3.44. The summed E-state index contributed by atoms with van der Waals surface area (Å²) >= 11 is 5.65. The number of alkyl halides is 2. The summed E-state index contributed by atoms with van der Waals surface area (Å²) in [7, 11) is 0. The van der Waals surface area contributed by atoms with Crippen LogP contribution in [-0.2, 0) is 14.2 Å². The van der Waals surface area contributed by atoms with E-state index in [1.807, 2.05) is 35.8 Å². The number of thioether (sulfide) groups is 1. The van der Waals surface area contributed by atoms with E-state index in [9.17, 15) is 39.4 Å². The molecule has 0 spiro atoms. The van der Waals surface area contributed by atoms with Crippen molar-refractivity contribution < 1.29 is 53.6 Å². The van der Waals surface area contributed by atoms with Crippen molar-refractivity contribution in [2.45, 2.75) is 80.5 Å².